The van der Waals surface area contributed by atoms with Crippen molar-refractivity contribution >= 4 is 11.6 Å². The molecule has 0 saturated heterocycles. The lowest BCUT2D eigenvalue weighted by Gasteiger charge is -2.04. The molecule has 2 unspecified atom stereocenters. The molecule has 2 atom stereocenters. The smallest absolute Gasteiger partial charge is 0.0537 e. The zero-order valence-electron chi connectivity index (χ0n) is 4.97. The van der Waals surface area contributed by atoms with Gasteiger partial charge in [-0.3, -0.25) is 0 Å². The van der Waals surface area contributed by atoms with Gasteiger partial charge in [0.1, 0.15) is 0 Å². The molecule has 0 fully saturated rings. The molecule has 48 valence electrons. The number of allylic oxidation sites excluding steroid dienone is 1. The van der Waals surface area contributed by atoms with Crippen LogP contribution < -0.4 is 0 Å². The zero-order chi connectivity index (χ0) is 6.57. The van der Waals surface area contributed by atoms with Gasteiger partial charge in [-0.1, -0.05) is 6.08 Å². The largest absolute Gasteiger partial charge is 0.393 e. The van der Waals surface area contributed by atoms with Crippen LogP contribution in [0.5, 0.6) is 0 Å². The summed E-state index contributed by atoms with van der Waals surface area (Å²) in [5, 5.41) is 8.63. The van der Waals surface area contributed by atoms with E-state index in [1.807, 2.05) is 0 Å². The molecule has 2 heteroatoms. The van der Waals surface area contributed by atoms with E-state index in [1.165, 1.54) is 0 Å². The summed E-state index contributed by atoms with van der Waals surface area (Å²) in [6, 6.07) is 0. The van der Waals surface area contributed by atoms with E-state index in [9.17, 15) is 0 Å². The number of hydrogen-bond acceptors (Lipinski definition) is 1. The lowest BCUT2D eigenvalue weighted by atomic mass is 10.2. The van der Waals surface area contributed by atoms with Crippen molar-refractivity contribution in [3.8, 4) is 0 Å². The molecule has 0 aliphatic rings. The maximum absolute atomic E-state index is 8.72. The minimum atomic E-state index is -0.324. The Bertz CT molecular complexity index is 70.9. The van der Waals surface area contributed by atoms with Crippen LogP contribution in [-0.4, -0.2) is 16.6 Å². The second kappa shape index (κ2) is 3.93. The van der Waals surface area contributed by atoms with Gasteiger partial charge in [0.25, 0.3) is 0 Å². The van der Waals surface area contributed by atoms with Gasteiger partial charge in [0.05, 0.1) is 11.5 Å². The number of alkyl halides is 1. The van der Waals surface area contributed by atoms with Crippen molar-refractivity contribution in [2.75, 3.05) is 0 Å². The molecule has 0 saturated carbocycles. The summed E-state index contributed by atoms with van der Waals surface area (Å²) in [6.45, 7) is 5.18. The maximum Gasteiger partial charge on any atom is 0.0537 e. The van der Waals surface area contributed by atoms with Crippen LogP contribution in [0.15, 0.2) is 12.7 Å². The third-order valence-corrected chi connectivity index (χ3v) is 1.18. The van der Waals surface area contributed by atoms with Crippen molar-refractivity contribution in [3.63, 3.8) is 0 Å². The summed E-state index contributed by atoms with van der Waals surface area (Å²) >= 11 is 5.58. The SMILES string of the molecule is C=CC(Cl)CC(C)O. The van der Waals surface area contributed by atoms with Crippen LogP contribution in [0.4, 0.5) is 0 Å². The third kappa shape index (κ3) is 4.16. The normalized spacial score (nSPS) is 17.4. The average Bonchev–Trinajstić information content (AvgIpc) is 1.65. The molecule has 0 aromatic carbocycles. The molecule has 0 radical (unpaired) electrons. The van der Waals surface area contributed by atoms with Gasteiger partial charge in [-0.25, -0.2) is 0 Å². The number of aliphatic hydroxyl groups is 1. The Kier molecular flexibility index (Phi) is 3.92. The predicted molar refractivity (Wildman–Crippen MR) is 36.1 cm³/mol. The summed E-state index contributed by atoms with van der Waals surface area (Å²) in [4.78, 5) is 0. The summed E-state index contributed by atoms with van der Waals surface area (Å²) in [7, 11) is 0. The first-order chi connectivity index (χ1) is 3.66. The lowest BCUT2D eigenvalue weighted by Crippen LogP contribution is -2.06. The van der Waals surface area contributed by atoms with E-state index in [2.05, 4.69) is 6.58 Å². The molecule has 0 rings (SSSR count). The molecule has 0 amide bonds. The Hall–Kier alpha value is -0.0100. The second-order valence-corrected chi connectivity index (χ2v) is 2.40. The highest BCUT2D eigenvalue weighted by atomic mass is 35.5. The molecule has 0 aliphatic heterocycles. The molecule has 0 bridgehead atoms. The standard InChI is InChI=1S/C6H11ClO/c1-3-6(7)4-5(2)8/h3,5-6,8H,1,4H2,2H3. The topological polar surface area (TPSA) is 20.2 Å². The Morgan fingerprint density at radius 3 is 2.50 bits per heavy atom. The van der Waals surface area contributed by atoms with Gasteiger partial charge in [-0.15, -0.1) is 18.2 Å². The fraction of sp³-hybridized carbons (Fsp3) is 0.667. The van der Waals surface area contributed by atoms with Crippen molar-refractivity contribution in [3.05, 3.63) is 12.7 Å². The van der Waals surface area contributed by atoms with Gasteiger partial charge >= 0.3 is 0 Å². The molecule has 8 heavy (non-hydrogen) atoms. The molecule has 0 aliphatic carbocycles. The highest BCUT2D eigenvalue weighted by Crippen LogP contribution is 2.05. The van der Waals surface area contributed by atoms with Crippen molar-refractivity contribution in [1.82, 2.24) is 0 Å². The number of hydrogen-bond donors (Lipinski definition) is 1. The van der Waals surface area contributed by atoms with Crippen LogP contribution >= 0.6 is 11.6 Å². The summed E-state index contributed by atoms with van der Waals surface area (Å²) in [5.74, 6) is 0. The Morgan fingerprint density at radius 2 is 2.38 bits per heavy atom. The number of rotatable bonds is 3. The molecule has 0 aromatic heterocycles. The predicted octanol–water partition coefficient (Wildman–Crippen LogP) is 1.55. The van der Waals surface area contributed by atoms with E-state index in [0.717, 1.165) is 0 Å². The number of aliphatic hydroxyl groups excluding tert-OH is 1. The van der Waals surface area contributed by atoms with Gasteiger partial charge in [-0.2, -0.15) is 0 Å². The first-order valence-corrected chi connectivity index (χ1v) is 3.05. The van der Waals surface area contributed by atoms with Crippen molar-refractivity contribution in [1.29, 1.82) is 0 Å². The van der Waals surface area contributed by atoms with Crippen LogP contribution in [0.3, 0.4) is 0 Å². The lowest BCUT2D eigenvalue weighted by molar-refractivity contribution is 0.187. The fourth-order valence-corrected chi connectivity index (χ4v) is 0.680. The van der Waals surface area contributed by atoms with Gasteiger partial charge in [0.15, 0.2) is 0 Å². The van der Waals surface area contributed by atoms with Crippen molar-refractivity contribution in [2.45, 2.75) is 24.8 Å². The Labute approximate surface area is 55.0 Å². The van der Waals surface area contributed by atoms with Crippen LogP contribution in [0, 0.1) is 0 Å². The minimum absolute atomic E-state index is 0.0880. The van der Waals surface area contributed by atoms with Crippen LogP contribution in [0.2, 0.25) is 0 Å². The van der Waals surface area contributed by atoms with Crippen LogP contribution in [-0.2, 0) is 0 Å². The quantitative estimate of drug-likeness (QED) is 0.459. The van der Waals surface area contributed by atoms with Gasteiger partial charge in [-0.05, 0) is 13.3 Å². The molecular weight excluding hydrogens is 124 g/mol. The molecule has 1 nitrogen and oxygen atoms in total. The summed E-state index contributed by atoms with van der Waals surface area (Å²) in [5.41, 5.74) is 0. The minimum Gasteiger partial charge on any atom is -0.393 e. The van der Waals surface area contributed by atoms with E-state index in [1.54, 1.807) is 13.0 Å². The summed E-state index contributed by atoms with van der Waals surface area (Å²) in [6.07, 6.45) is 1.88. The third-order valence-electron chi connectivity index (χ3n) is 0.822. The van der Waals surface area contributed by atoms with E-state index >= 15 is 0 Å². The molecule has 0 spiro atoms. The van der Waals surface area contributed by atoms with Crippen LogP contribution in [0.25, 0.3) is 0 Å². The van der Waals surface area contributed by atoms with E-state index < -0.39 is 0 Å². The van der Waals surface area contributed by atoms with E-state index in [4.69, 9.17) is 16.7 Å². The van der Waals surface area contributed by atoms with Gasteiger partial charge in [0.2, 0.25) is 0 Å². The molecule has 0 aromatic rings. The highest BCUT2D eigenvalue weighted by Gasteiger charge is 2.01. The summed E-state index contributed by atoms with van der Waals surface area (Å²) < 4.78 is 0. The first-order valence-electron chi connectivity index (χ1n) is 2.61. The molecule has 0 heterocycles. The van der Waals surface area contributed by atoms with Crippen molar-refractivity contribution < 1.29 is 5.11 Å². The molecular formula is C6H11ClO. The fourth-order valence-electron chi connectivity index (χ4n) is 0.422. The molecule has 1 N–H and O–H groups in total. The second-order valence-electron chi connectivity index (χ2n) is 1.84. The average molecular weight is 135 g/mol. The van der Waals surface area contributed by atoms with Gasteiger partial charge in [0, 0.05) is 0 Å². The highest BCUT2D eigenvalue weighted by molar-refractivity contribution is 6.21. The first kappa shape index (κ1) is 7.99. The maximum atomic E-state index is 8.72. The number of halogens is 1. The zero-order valence-corrected chi connectivity index (χ0v) is 5.73. The Morgan fingerprint density at radius 1 is 1.88 bits per heavy atom. The van der Waals surface area contributed by atoms with E-state index in [-0.39, 0.29) is 11.5 Å². The van der Waals surface area contributed by atoms with Crippen LogP contribution in [0.1, 0.15) is 13.3 Å². The monoisotopic (exact) mass is 134 g/mol. The van der Waals surface area contributed by atoms with E-state index in [0.29, 0.717) is 6.42 Å². The van der Waals surface area contributed by atoms with Crippen molar-refractivity contribution in [2.24, 2.45) is 0 Å². The Balaban J connectivity index is 3.23. The van der Waals surface area contributed by atoms with Gasteiger partial charge < -0.3 is 5.11 Å².